The molecule has 0 spiro atoms. The lowest BCUT2D eigenvalue weighted by Gasteiger charge is -2.41. The lowest BCUT2D eigenvalue weighted by atomic mass is 10.1. The fraction of sp³-hybridized carbons (Fsp3) is 0.444. The van der Waals surface area contributed by atoms with E-state index in [1.807, 2.05) is 0 Å². The molecule has 0 bridgehead atoms. The van der Waals surface area contributed by atoms with Crippen LogP contribution in [0.5, 0.6) is 0 Å². The first kappa shape index (κ1) is 16.7. The third-order valence-electron chi connectivity index (χ3n) is 4.83. The molecule has 4 rings (SSSR count). The van der Waals surface area contributed by atoms with E-state index >= 15 is 0 Å². The van der Waals surface area contributed by atoms with Crippen LogP contribution in [0.4, 0.5) is 15.9 Å². The summed E-state index contributed by atoms with van der Waals surface area (Å²) in [7, 11) is 0. The lowest BCUT2D eigenvalue weighted by Crippen LogP contribution is -2.52. The molecule has 0 saturated carbocycles. The van der Waals surface area contributed by atoms with Crippen LogP contribution in [-0.2, 0) is 0 Å². The molecule has 0 aromatic carbocycles. The van der Waals surface area contributed by atoms with E-state index in [1.165, 1.54) is 12.3 Å². The second kappa shape index (κ2) is 6.51. The number of aromatic nitrogens is 5. The number of rotatable bonds is 3. The van der Waals surface area contributed by atoms with E-state index < -0.39 is 0 Å². The maximum atomic E-state index is 13.1. The zero-order valence-electron chi connectivity index (χ0n) is 15.2. The first-order valence-corrected chi connectivity index (χ1v) is 8.87. The third kappa shape index (κ3) is 2.95. The second-order valence-corrected chi connectivity index (χ2v) is 7.03. The van der Waals surface area contributed by atoms with Crippen LogP contribution in [0.1, 0.15) is 32.4 Å². The summed E-state index contributed by atoms with van der Waals surface area (Å²) in [5.74, 6) is 0.818. The quantitative estimate of drug-likeness (QED) is 0.719. The number of fused-ring (bicyclic) bond motifs is 1. The maximum absolute atomic E-state index is 13.1. The van der Waals surface area contributed by atoms with Gasteiger partial charge in [-0.2, -0.15) is 9.61 Å². The molecule has 8 heteroatoms. The molecular weight excluding hydrogens is 333 g/mol. The van der Waals surface area contributed by atoms with Crippen LogP contribution >= 0.6 is 0 Å². The van der Waals surface area contributed by atoms with Gasteiger partial charge < -0.3 is 9.80 Å². The second-order valence-electron chi connectivity index (χ2n) is 7.03. The van der Waals surface area contributed by atoms with Crippen molar-refractivity contribution < 1.29 is 4.39 Å². The normalized spacial score (nSPS) is 18.1. The summed E-state index contributed by atoms with van der Waals surface area (Å²) < 4.78 is 14.9. The highest BCUT2D eigenvalue weighted by Gasteiger charge is 2.27. The lowest BCUT2D eigenvalue weighted by molar-refractivity contribution is 0.543. The Morgan fingerprint density at radius 3 is 2.77 bits per heavy atom. The molecule has 1 fully saturated rings. The van der Waals surface area contributed by atoms with Crippen LogP contribution < -0.4 is 9.80 Å². The molecule has 1 aliphatic heterocycles. The van der Waals surface area contributed by atoms with E-state index in [2.05, 4.69) is 56.9 Å². The van der Waals surface area contributed by atoms with E-state index in [9.17, 15) is 4.39 Å². The summed E-state index contributed by atoms with van der Waals surface area (Å²) in [5, 5.41) is 12.9. The highest BCUT2D eigenvalue weighted by atomic mass is 19.1. The summed E-state index contributed by atoms with van der Waals surface area (Å²) in [6.07, 6.45) is 2.92. The Hall–Kier alpha value is -2.77. The SMILES string of the molecule is CC(C)c1cc(N2CCN(c3ccc(F)cn3)C(C)C2)c2nncn2n1. The Morgan fingerprint density at radius 1 is 1.23 bits per heavy atom. The van der Waals surface area contributed by atoms with Gasteiger partial charge in [0, 0.05) is 25.7 Å². The molecule has 1 aliphatic rings. The van der Waals surface area contributed by atoms with Crippen molar-refractivity contribution in [1.82, 2.24) is 24.8 Å². The Bertz CT molecular complexity index is 906. The maximum Gasteiger partial charge on any atom is 0.200 e. The Labute approximate surface area is 151 Å². The number of nitrogens with zero attached hydrogens (tertiary/aromatic N) is 7. The number of anilines is 2. The van der Waals surface area contributed by atoms with Crippen LogP contribution in [-0.4, -0.2) is 50.5 Å². The smallest absolute Gasteiger partial charge is 0.200 e. The monoisotopic (exact) mass is 355 g/mol. The molecule has 0 radical (unpaired) electrons. The first-order valence-electron chi connectivity index (χ1n) is 8.87. The molecule has 1 unspecified atom stereocenters. The predicted octanol–water partition coefficient (Wildman–Crippen LogP) is 2.50. The predicted molar refractivity (Wildman–Crippen MR) is 98.1 cm³/mol. The molecule has 3 aromatic heterocycles. The standard InChI is InChI=1S/C18H22FN7/c1-12(2)15-8-16(18-22-21-11-26(18)23-15)24-6-7-25(13(3)10-24)17-5-4-14(19)9-20-17/h4-5,8-9,11-13H,6-7,10H2,1-3H3. The van der Waals surface area contributed by atoms with Crippen LogP contribution in [0.3, 0.4) is 0 Å². The van der Waals surface area contributed by atoms with Gasteiger partial charge in [-0.1, -0.05) is 13.8 Å². The fourth-order valence-corrected chi connectivity index (χ4v) is 3.40. The molecule has 136 valence electrons. The minimum absolute atomic E-state index is 0.236. The fourth-order valence-electron chi connectivity index (χ4n) is 3.40. The molecule has 1 atom stereocenters. The average Bonchev–Trinajstić information content (AvgIpc) is 3.10. The van der Waals surface area contributed by atoms with Crippen molar-refractivity contribution in [1.29, 1.82) is 0 Å². The van der Waals surface area contributed by atoms with Crippen molar-refractivity contribution in [3.8, 4) is 0 Å². The summed E-state index contributed by atoms with van der Waals surface area (Å²) in [4.78, 5) is 8.76. The van der Waals surface area contributed by atoms with Crippen molar-refractivity contribution in [2.75, 3.05) is 29.4 Å². The molecular formula is C18H22FN7. The summed E-state index contributed by atoms with van der Waals surface area (Å²) in [6, 6.07) is 5.55. The minimum Gasteiger partial charge on any atom is -0.365 e. The Morgan fingerprint density at radius 2 is 2.08 bits per heavy atom. The molecule has 4 heterocycles. The van der Waals surface area contributed by atoms with Gasteiger partial charge in [-0.15, -0.1) is 10.2 Å². The third-order valence-corrected chi connectivity index (χ3v) is 4.83. The van der Waals surface area contributed by atoms with Crippen LogP contribution in [0.2, 0.25) is 0 Å². The van der Waals surface area contributed by atoms with E-state index in [4.69, 9.17) is 0 Å². The topological polar surface area (TPSA) is 62.5 Å². The first-order chi connectivity index (χ1) is 12.5. The van der Waals surface area contributed by atoms with Gasteiger partial charge in [0.2, 0.25) is 5.65 Å². The number of hydrogen-bond donors (Lipinski definition) is 0. The summed E-state index contributed by atoms with van der Waals surface area (Å²) in [6.45, 7) is 8.87. The summed E-state index contributed by atoms with van der Waals surface area (Å²) >= 11 is 0. The molecule has 0 N–H and O–H groups in total. The van der Waals surface area contributed by atoms with Crippen LogP contribution in [0.25, 0.3) is 5.65 Å². The number of halogens is 1. The number of hydrogen-bond acceptors (Lipinski definition) is 6. The minimum atomic E-state index is -0.313. The van der Waals surface area contributed by atoms with Crippen molar-refractivity contribution in [3.63, 3.8) is 0 Å². The zero-order valence-corrected chi connectivity index (χ0v) is 15.2. The van der Waals surface area contributed by atoms with Crippen molar-refractivity contribution >= 4 is 17.2 Å². The Balaban J connectivity index is 1.62. The molecule has 1 saturated heterocycles. The van der Waals surface area contributed by atoms with Crippen molar-refractivity contribution in [2.45, 2.75) is 32.7 Å². The summed E-state index contributed by atoms with van der Waals surface area (Å²) in [5.41, 5.74) is 2.84. The van der Waals surface area contributed by atoms with Crippen molar-refractivity contribution in [3.05, 3.63) is 42.2 Å². The Kier molecular flexibility index (Phi) is 4.18. The van der Waals surface area contributed by atoms with Gasteiger partial charge in [-0.25, -0.2) is 9.37 Å². The molecule has 0 amide bonds. The van der Waals surface area contributed by atoms with Gasteiger partial charge in [-0.05, 0) is 31.0 Å². The zero-order chi connectivity index (χ0) is 18.3. The van der Waals surface area contributed by atoms with Gasteiger partial charge in [0.1, 0.15) is 18.0 Å². The van der Waals surface area contributed by atoms with Crippen LogP contribution in [0, 0.1) is 5.82 Å². The molecule has 0 aliphatic carbocycles. The van der Waals surface area contributed by atoms with E-state index in [-0.39, 0.29) is 11.9 Å². The van der Waals surface area contributed by atoms with E-state index in [1.54, 1.807) is 16.9 Å². The highest BCUT2D eigenvalue weighted by Crippen LogP contribution is 2.27. The largest absolute Gasteiger partial charge is 0.365 e. The number of pyridine rings is 1. The molecule has 7 nitrogen and oxygen atoms in total. The van der Waals surface area contributed by atoms with Gasteiger partial charge in [0.25, 0.3) is 0 Å². The molecule has 26 heavy (non-hydrogen) atoms. The van der Waals surface area contributed by atoms with Crippen molar-refractivity contribution in [2.24, 2.45) is 0 Å². The van der Waals surface area contributed by atoms with Gasteiger partial charge in [0.05, 0.1) is 17.6 Å². The number of piperazine rings is 1. The van der Waals surface area contributed by atoms with Gasteiger partial charge in [0.15, 0.2) is 0 Å². The van der Waals surface area contributed by atoms with Crippen LogP contribution in [0.15, 0.2) is 30.7 Å². The van der Waals surface area contributed by atoms with E-state index in [0.29, 0.717) is 5.92 Å². The highest BCUT2D eigenvalue weighted by molar-refractivity contribution is 5.69. The molecule has 3 aromatic rings. The van der Waals surface area contributed by atoms with Gasteiger partial charge in [-0.3, -0.25) is 0 Å². The average molecular weight is 355 g/mol. The van der Waals surface area contributed by atoms with Gasteiger partial charge >= 0.3 is 0 Å². The van der Waals surface area contributed by atoms with E-state index in [0.717, 1.165) is 42.5 Å².